The van der Waals surface area contributed by atoms with E-state index in [1.54, 1.807) is 13.3 Å². The molecule has 3 heteroatoms. The maximum atomic E-state index is 5.56. The Kier molecular flexibility index (Phi) is 3.46. The second kappa shape index (κ2) is 4.62. The average molecular weight is 178 g/mol. The normalized spacial score (nSPS) is 13.2. The van der Waals surface area contributed by atoms with Gasteiger partial charge in [-0.15, -0.1) is 0 Å². The highest BCUT2D eigenvalue weighted by Crippen LogP contribution is 2.08. The number of hydrogen-bond acceptors (Lipinski definition) is 3. The monoisotopic (exact) mass is 178 g/mol. The second-order valence-corrected chi connectivity index (χ2v) is 2.84. The molecule has 1 heterocycles. The van der Waals surface area contributed by atoms with Crippen LogP contribution in [0.2, 0.25) is 0 Å². The van der Waals surface area contributed by atoms with E-state index in [0.29, 0.717) is 0 Å². The van der Waals surface area contributed by atoms with Gasteiger partial charge in [0, 0.05) is 6.04 Å². The topological polar surface area (TPSA) is 48.1 Å². The van der Waals surface area contributed by atoms with Crippen LogP contribution < -0.4 is 10.5 Å². The summed E-state index contributed by atoms with van der Waals surface area (Å²) in [4.78, 5) is 4.15. The minimum atomic E-state index is 0.0592. The van der Waals surface area contributed by atoms with E-state index in [4.69, 9.17) is 10.5 Å². The largest absolute Gasteiger partial charge is 0.495 e. The summed E-state index contributed by atoms with van der Waals surface area (Å²) >= 11 is 0. The highest BCUT2D eigenvalue weighted by atomic mass is 16.5. The van der Waals surface area contributed by atoms with Crippen molar-refractivity contribution in [3.05, 3.63) is 30.1 Å². The Morgan fingerprint density at radius 3 is 2.77 bits per heavy atom. The quantitative estimate of drug-likeness (QED) is 0.762. The summed E-state index contributed by atoms with van der Waals surface area (Å²) in [6, 6.07) is 3.81. The number of hydrogen-bond donors (Lipinski definition) is 1. The lowest BCUT2D eigenvalue weighted by atomic mass is 10.2. The van der Waals surface area contributed by atoms with Gasteiger partial charge >= 0.3 is 0 Å². The van der Waals surface area contributed by atoms with Crippen molar-refractivity contribution in [3.63, 3.8) is 0 Å². The second-order valence-electron chi connectivity index (χ2n) is 2.84. The Labute approximate surface area is 78.2 Å². The van der Waals surface area contributed by atoms with Crippen molar-refractivity contribution in [1.82, 2.24) is 4.98 Å². The molecule has 1 aromatic heterocycles. The molecule has 0 aliphatic carbocycles. The van der Waals surface area contributed by atoms with Crippen LogP contribution in [0.15, 0.2) is 24.4 Å². The molecule has 13 heavy (non-hydrogen) atoms. The summed E-state index contributed by atoms with van der Waals surface area (Å²) in [5, 5.41) is 0. The molecular weight excluding hydrogens is 164 g/mol. The van der Waals surface area contributed by atoms with Gasteiger partial charge in [0.1, 0.15) is 5.75 Å². The minimum Gasteiger partial charge on any atom is -0.495 e. The van der Waals surface area contributed by atoms with Gasteiger partial charge in [-0.1, -0.05) is 6.08 Å². The van der Waals surface area contributed by atoms with E-state index in [0.717, 1.165) is 11.4 Å². The number of pyridine rings is 1. The van der Waals surface area contributed by atoms with Crippen LogP contribution in [-0.4, -0.2) is 18.1 Å². The first-order valence-electron chi connectivity index (χ1n) is 4.16. The van der Waals surface area contributed by atoms with Gasteiger partial charge in [0.25, 0.3) is 0 Å². The van der Waals surface area contributed by atoms with Gasteiger partial charge in [-0.2, -0.15) is 0 Å². The van der Waals surface area contributed by atoms with Crippen LogP contribution in [-0.2, 0) is 0 Å². The van der Waals surface area contributed by atoms with Crippen molar-refractivity contribution < 1.29 is 4.74 Å². The molecular formula is C10H14N2O. The summed E-state index contributed by atoms with van der Waals surface area (Å²) < 4.78 is 4.98. The van der Waals surface area contributed by atoms with Gasteiger partial charge < -0.3 is 10.5 Å². The third-order valence-corrected chi connectivity index (χ3v) is 1.57. The van der Waals surface area contributed by atoms with Gasteiger partial charge in [-0.3, -0.25) is 4.98 Å². The van der Waals surface area contributed by atoms with E-state index in [9.17, 15) is 0 Å². The predicted molar refractivity (Wildman–Crippen MR) is 53.5 cm³/mol. The first-order chi connectivity index (χ1) is 6.22. The fourth-order valence-electron chi connectivity index (χ4n) is 0.861. The zero-order chi connectivity index (χ0) is 9.68. The molecule has 1 atom stereocenters. The van der Waals surface area contributed by atoms with Crippen LogP contribution in [0.5, 0.6) is 5.75 Å². The summed E-state index contributed by atoms with van der Waals surface area (Å²) in [7, 11) is 1.62. The van der Waals surface area contributed by atoms with E-state index < -0.39 is 0 Å². The molecule has 1 aromatic rings. The molecule has 0 saturated carbocycles. The highest BCUT2D eigenvalue weighted by Gasteiger charge is 1.91. The van der Waals surface area contributed by atoms with Crippen LogP contribution >= 0.6 is 0 Å². The van der Waals surface area contributed by atoms with E-state index in [-0.39, 0.29) is 6.04 Å². The minimum absolute atomic E-state index is 0.0592. The fraction of sp³-hybridized carbons (Fsp3) is 0.300. The van der Waals surface area contributed by atoms with Crippen molar-refractivity contribution in [1.29, 1.82) is 0 Å². The summed E-state index contributed by atoms with van der Waals surface area (Å²) in [5.74, 6) is 0.762. The van der Waals surface area contributed by atoms with Crippen LogP contribution in [0.25, 0.3) is 6.08 Å². The van der Waals surface area contributed by atoms with Gasteiger partial charge in [0.15, 0.2) is 0 Å². The third kappa shape index (κ3) is 3.25. The lowest BCUT2D eigenvalue weighted by molar-refractivity contribution is 0.413. The predicted octanol–water partition coefficient (Wildman–Crippen LogP) is 1.45. The number of methoxy groups -OCH3 is 1. The van der Waals surface area contributed by atoms with Crippen LogP contribution in [0.1, 0.15) is 12.6 Å². The molecule has 0 saturated heterocycles. The van der Waals surface area contributed by atoms with Crippen molar-refractivity contribution in [2.45, 2.75) is 13.0 Å². The van der Waals surface area contributed by atoms with Crippen molar-refractivity contribution >= 4 is 6.08 Å². The zero-order valence-electron chi connectivity index (χ0n) is 7.90. The molecule has 0 aliphatic heterocycles. The molecule has 0 aromatic carbocycles. The number of aromatic nitrogens is 1. The fourth-order valence-corrected chi connectivity index (χ4v) is 0.861. The van der Waals surface area contributed by atoms with Crippen LogP contribution in [0, 0.1) is 0 Å². The van der Waals surface area contributed by atoms with E-state index in [1.165, 1.54) is 0 Å². The van der Waals surface area contributed by atoms with E-state index >= 15 is 0 Å². The van der Waals surface area contributed by atoms with Crippen molar-refractivity contribution in [2.24, 2.45) is 5.73 Å². The van der Waals surface area contributed by atoms with E-state index in [1.807, 2.05) is 31.2 Å². The average Bonchev–Trinajstić information content (AvgIpc) is 2.15. The lowest BCUT2D eigenvalue weighted by Gasteiger charge is -1.98. The molecule has 0 bridgehead atoms. The van der Waals surface area contributed by atoms with E-state index in [2.05, 4.69) is 4.98 Å². The molecule has 3 nitrogen and oxygen atoms in total. The Morgan fingerprint density at radius 1 is 1.54 bits per heavy atom. The van der Waals surface area contributed by atoms with Crippen molar-refractivity contribution in [2.75, 3.05) is 7.11 Å². The van der Waals surface area contributed by atoms with Gasteiger partial charge in [-0.25, -0.2) is 0 Å². The summed E-state index contributed by atoms with van der Waals surface area (Å²) in [6.07, 6.45) is 5.47. The molecule has 0 aliphatic rings. The first-order valence-corrected chi connectivity index (χ1v) is 4.16. The first kappa shape index (κ1) is 9.74. The lowest BCUT2D eigenvalue weighted by Crippen LogP contribution is -2.09. The highest BCUT2D eigenvalue weighted by molar-refractivity contribution is 5.45. The van der Waals surface area contributed by atoms with Gasteiger partial charge in [0.05, 0.1) is 19.0 Å². The SMILES string of the molecule is COc1ccc(/C=C/C(C)N)nc1. The molecule has 0 spiro atoms. The maximum absolute atomic E-state index is 5.56. The molecule has 0 radical (unpaired) electrons. The van der Waals surface area contributed by atoms with Crippen molar-refractivity contribution in [3.8, 4) is 5.75 Å². The Morgan fingerprint density at radius 2 is 2.31 bits per heavy atom. The Bertz CT molecular complexity index is 277. The standard InChI is InChI=1S/C10H14N2O/c1-8(11)3-4-9-5-6-10(13-2)7-12-9/h3-8H,11H2,1-2H3/b4-3+. The molecule has 70 valence electrons. The number of nitrogens with two attached hydrogens (primary N) is 1. The maximum Gasteiger partial charge on any atom is 0.137 e. The Hall–Kier alpha value is -1.35. The Balaban J connectivity index is 2.69. The zero-order valence-corrected chi connectivity index (χ0v) is 7.90. The molecule has 0 amide bonds. The molecule has 0 fully saturated rings. The molecule has 1 rings (SSSR count). The summed E-state index contributed by atoms with van der Waals surface area (Å²) in [5.41, 5.74) is 6.44. The van der Waals surface area contributed by atoms with Crippen LogP contribution in [0.4, 0.5) is 0 Å². The van der Waals surface area contributed by atoms with Crippen LogP contribution in [0.3, 0.4) is 0 Å². The van der Waals surface area contributed by atoms with Gasteiger partial charge in [0.2, 0.25) is 0 Å². The number of nitrogens with zero attached hydrogens (tertiary/aromatic N) is 1. The number of ether oxygens (including phenoxy) is 1. The van der Waals surface area contributed by atoms with Gasteiger partial charge in [-0.05, 0) is 25.1 Å². The molecule has 2 N–H and O–H groups in total. The molecule has 1 unspecified atom stereocenters. The summed E-state index contributed by atoms with van der Waals surface area (Å²) in [6.45, 7) is 1.92. The third-order valence-electron chi connectivity index (χ3n) is 1.57. The number of rotatable bonds is 3. The smallest absolute Gasteiger partial charge is 0.137 e.